The molecule has 124 valence electrons. The van der Waals surface area contributed by atoms with Gasteiger partial charge in [-0.15, -0.1) is 5.10 Å². The predicted molar refractivity (Wildman–Crippen MR) is 94.4 cm³/mol. The fourth-order valence-corrected chi connectivity index (χ4v) is 2.44. The molecule has 2 aromatic heterocycles. The monoisotopic (exact) mass is 332 g/mol. The molecule has 0 atom stereocenters. The summed E-state index contributed by atoms with van der Waals surface area (Å²) in [5, 5.41) is 12.3. The highest BCUT2D eigenvalue weighted by Gasteiger charge is 2.14. The van der Waals surface area contributed by atoms with Crippen molar-refractivity contribution in [2.24, 2.45) is 0 Å². The van der Waals surface area contributed by atoms with E-state index in [1.165, 1.54) is 0 Å². The van der Waals surface area contributed by atoms with E-state index in [0.717, 1.165) is 16.9 Å². The maximum atomic E-state index is 5.40. The van der Waals surface area contributed by atoms with Gasteiger partial charge in [-0.3, -0.25) is 0 Å². The van der Waals surface area contributed by atoms with Crippen molar-refractivity contribution >= 4 is 5.69 Å². The van der Waals surface area contributed by atoms with Crippen LogP contribution in [0.5, 0.6) is 0 Å². The number of hydrogen-bond acceptors (Lipinski definition) is 6. The van der Waals surface area contributed by atoms with Gasteiger partial charge in [-0.05, 0) is 30.3 Å². The number of rotatable bonds is 4. The van der Waals surface area contributed by atoms with Crippen molar-refractivity contribution in [2.75, 3.05) is 19.0 Å². The maximum absolute atomic E-state index is 5.40. The van der Waals surface area contributed by atoms with E-state index in [1.807, 2.05) is 73.6 Å². The summed E-state index contributed by atoms with van der Waals surface area (Å²) < 4.78 is 7.08. The Balaban J connectivity index is 1.64. The number of benzene rings is 2. The molecule has 0 aliphatic rings. The molecule has 0 fully saturated rings. The lowest BCUT2D eigenvalue weighted by molar-refractivity contribution is 0.432. The van der Waals surface area contributed by atoms with Crippen LogP contribution in [0.1, 0.15) is 0 Å². The van der Waals surface area contributed by atoms with Crippen LogP contribution in [0.2, 0.25) is 0 Å². The highest BCUT2D eigenvalue weighted by atomic mass is 16.5. The topological polar surface area (TPSA) is 72.9 Å². The zero-order chi connectivity index (χ0) is 17.2. The Bertz CT molecular complexity index is 989. The summed E-state index contributed by atoms with van der Waals surface area (Å²) in [5.41, 5.74) is 3.40. The van der Waals surface area contributed by atoms with E-state index in [1.54, 1.807) is 10.9 Å². The number of nitrogens with zero attached hydrogens (tertiary/aromatic N) is 6. The Labute approximate surface area is 144 Å². The van der Waals surface area contributed by atoms with Gasteiger partial charge in [0.2, 0.25) is 5.82 Å². The van der Waals surface area contributed by atoms with Crippen LogP contribution in [0.4, 0.5) is 5.69 Å². The maximum Gasteiger partial charge on any atom is 0.258 e. The van der Waals surface area contributed by atoms with Crippen molar-refractivity contribution in [3.63, 3.8) is 0 Å². The molecule has 0 saturated carbocycles. The summed E-state index contributed by atoms with van der Waals surface area (Å²) in [6, 6.07) is 17.7. The van der Waals surface area contributed by atoms with Gasteiger partial charge in [0.05, 0.1) is 11.9 Å². The normalized spacial score (nSPS) is 10.8. The summed E-state index contributed by atoms with van der Waals surface area (Å²) in [6.07, 6.45) is 1.78. The highest BCUT2D eigenvalue weighted by Crippen LogP contribution is 2.24. The average molecular weight is 332 g/mol. The van der Waals surface area contributed by atoms with Crippen molar-refractivity contribution in [1.29, 1.82) is 0 Å². The molecule has 7 heteroatoms. The summed E-state index contributed by atoms with van der Waals surface area (Å²) in [7, 11) is 3.97. The standard InChI is InChI=1S/C18H16N6O/c1-23(2)15-10-6-7-13(11-15)18-19-17(21-25-18)16-12-24(22-20-16)14-8-4-3-5-9-14/h3-12H,1-2H3. The molecule has 0 amide bonds. The molecule has 0 N–H and O–H groups in total. The molecule has 0 radical (unpaired) electrons. The van der Waals surface area contributed by atoms with Gasteiger partial charge in [-0.2, -0.15) is 4.98 Å². The second-order valence-electron chi connectivity index (χ2n) is 5.75. The average Bonchev–Trinajstić information content (AvgIpc) is 3.32. The number of aromatic nitrogens is 5. The second-order valence-corrected chi connectivity index (χ2v) is 5.75. The van der Waals surface area contributed by atoms with E-state index >= 15 is 0 Å². The van der Waals surface area contributed by atoms with E-state index in [0.29, 0.717) is 17.4 Å². The zero-order valence-corrected chi connectivity index (χ0v) is 13.9. The lowest BCUT2D eigenvalue weighted by Crippen LogP contribution is -2.08. The minimum absolute atomic E-state index is 0.410. The van der Waals surface area contributed by atoms with Crippen molar-refractivity contribution in [2.45, 2.75) is 0 Å². The van der Waals surface area contributed by atoms with Gasteiger partial charge in [0, 0.05) is 25.3 Å². The molecule has 0 unspecified atom stereocenters. The molecule has 0 bridgehead atoms. The van der Waals surface area contributed by atoms with Crippen molar-refractivity contribution in [3.8, 4) is 28.7 Å². The fourth-order valence-electron chi connectivity index (χ4n) is 2.44. The Morgan fingerprint density at radius 1 is 1.00 bits per heavy atom. The van der Waals surface area contributed by atoms with Gasteiger partial charge in [0.15, 0.2) is 5.69 Å². The van der Waals surface area contributed by atoms with Crippen LogP contribution in [-0.2, 0) is 0 Å². The number of anilines is 1. The molecule has 2 aromatic carbocycles. The van der Waals surface area contributed by atoms with E-state index in [4.69, 9.17) is 4.52 Å². The van der Waals surface area contributed by atoms with E-state index in [2.05, 4.69) is 20.5 Å². The summed E-state index contributed by atoms with van der Waals surface area (Å²) in [4.78, 5) is 6.47. The molecule has 0 saturated heterocycles. The van der Waals surface area contributed by atoms with Crippen molar-refractivity contribution < 1.29 is 4.52 Å². The van der Waals surface area contributed by atoms with Crippen LogP contribution in [-0.4, -0.2) is 39.2 Å². The van der Waals surface area contributed by atoms with Crippen molar-refractivity contribution in [1.82, 2.24) is 25.1 Å². The van der Waals surface area contributed by atoms with Gasteiger partial charge in [0.1, 0.15) is 0 Å². The Hall–Kier alpha value is -3.48. The van der Waals surface area contributed by atoms with Crippen LogP contribution < -0.4 is 4.90 Å². The molecule has 4 rings (SSSR count). The second kappa shape index (κ2) is 6.20. The summed E-state index contributed by atoms with van der Waals surface area (Å²) >= 11 is 0. The minimum atomic E-state index is 0.410. The van der Waals surface area contributed by atoms with Crippen LogP contribution in [0.15, 0.2) is 65.3 Å². The Kier molecular flexibility index (Phi) is 3.74. The third-order valence-electron chi connectivity index (χ3n) is 3.78. The van der Waals surface area contributed by atoms with Gasteiger partial charge in [-0.1, -0.05) is 34.6 Å². The SMILES string of the molecule is CN(C)c1cccc(-c2nc(-c3cn(-c4ccccc4)nn3)no2)c1. The van der Waals surface area contributed by atoms with E-state index < -0.39 is 0 Å². The Morgan fingerprint density at radius 3 is 2.64 bits per heavy atom. The van der Waals surface area contributed by atoms with E-state index in [-0.39, 0.29) is 0 Å². The smallest absolute Gasteiger partial charge is 0.258 e. The molecule has 2 heterocycles. The first-order valence-corrected chi connectivity index (χ1v) is 7.80. The fraction of sp³-hybridized carbons (Fsp3) is 0.111. The van der Waals surface area contributed by atoms with Gasteiger partial charge >= 0.3 is 0 Å². The van der Waals surface area contributed by atoms with Gasteiger partial charge < -0.3 is 9.42 Å². The molecular weight excluding hydrogens is 316 g/mol. The minimum Gasteiger partial charge on any atom is -0.378 e. The van der Waals surface area contributed by atoms with Crippen LogP contribution in [0, 0.1) is 0 Å². The summed E-state index contributed by atoms with van der Waals surface area (Å²) in [5.74, 6) is 0.861. The quantitative estimate of drug-likeness (QED) is 0.572. The third-order valence-corrected chi connectivity index (χ3v) is 3.78. The van der Waals surface area contributed by atoms with Crippen LogP contribution >= 0.6 is 0 Å². The molecule has 7 nitrogen and oxygen atoms in total. The first kappa shape index (κ1) is 15.1. The molecule has 0 spiro atoms. The molecule has 0 aliphatic heterocycles. The zero-order valence-electron chi connectivity index (χ0n) is 13.9. The summed E-state index contributed by atoms with van der Waals surface area (Å²) in [6.45, 7) is 0. The third kappa shape index (κ3) is 2.99. The van der Waals surface area contributed by atoms with E-state index in [9.17, 15) is 0 Å². The van der Waals surface area contributed by atoms with Crippen molar-refractivity contribution in [3.05, 3.63) is 60.8 Å². The molecule has 25 heavy (non-hydrogen) atoms. The first-order valence-electron chi connectivity index (χ1n) is 7.80. The van der Waals surface area contributed by atoms with Gasteiger partial charge in [-0.25, -0.2) is 4.68 Å². The largest absolute Gasteiger partial charge is 0.378 e. The molecule has 4 aromatic rings. The van der Waals surface area contributed by atoms with Gasteiger partial charge in [0.25, 0.3) is 5.89 Å². The molecule has 0 aliphatic carbocycles. The first-order chi connectivity index (χ1) is 12.2. The number of hydrogen-bond donors (Lipinski definition) is 0. The molecular formula is C18H16N6O. The predicted octanol–water partition coefficient (Wildman–Crippen LogP) is 3.05. The lowest BCUT2D eigenvalue weighted by atomic mass is 10.2. The van der Waals surface area contributed by atoms with Crippen LogP contribution in [0.25, 0.3) is 28.7 Å². The highest BCUT2D eigenvalue weighted by molar-refractivity contribution is 5.63. The Morgan fingerprint density at radius 2 is 1.84 bits per heavy atom. The lowest BCUT2D eigenvalue weighted by Gasteiger charge is -2.12. The number of para-hydroxylation sites is 1. The van der Waals surface area contributed by atoms with Crippen LogP contribution in [0.3, 0.4) is 0 Å².